The van der Waals surface area contributed by atoms with Crippen LogP contribution in [0.2, 0.25) is 0 Å². The molecule has 3 rings (SSSR count). The number of carbonyl (C=O) groups excluding carboxylic acids is 3. The Balaban J connectivity index is 1.90. The summed E-state index contributed by atoms with van der Waals surface area (Å²) < 4.78 is 9.80. The van der Waals surface area contributed by atoms with Crippen LogP contribution in [-0.2, 0) is 14.3 Å². The lowest BCUT2D eigenvalue weighted by Crippen LogP contribution is -2.32. The van der Waals surface area contributed by atoms with E-state index in [9.17, 15) is 14.4 Å². The van der Waals surface area contributed by atoms with E-state index >= 15 is 0 Å². The Bertz CT molecular complexity index is 970. The Kier molecular flexibility index (Phi) is 5.14. The minimum absolute atomic E-state index is 0.0773. The molecular formula is C19H15ClN2O5. The van der Waals surface area contributed by atoms with Gasteiger partial charge >= 0.3 is 5.97 Å². The maximum Gasteiger partial charge on any atom is 0.337 e. The molecule has 1 N–H and O–H groups in total. The number of hydrogen-bond donors (Lipinski definition) is 1. The molecule has 1 heterocycles. The Morgan fingerprint density at radius 3 is 2.48 bits per heavy atom. The molecule has 0 radical (unpaired) electrons. The zero-order valence-electron chi connectivity index (χ0n) is 14.5. The van der Waals surface area contributed by atoms with Crippen molar-refractivity contribution in [3.63, 3.8) is 0 Å². The van der Waals surface area contributed by atoms with Crippen molar-refractivity contribution in [2.24, 2.45) is 0 Å². The second kappa shape index (κ2) is 7.51. The molecule has 8 heteroatoms. The summed E-state index contributed by atoms with van der Waals surface area (Å²) in [5.41, 5.74) is 0.967. The number of carbonyl (C=O) groups is 3. The van der Waals surface area contributed by atoms with Crippen LogP contribution in [0.3, 0.4) is 0 Å². The number of halogens is 1. The highest BCUT2D eigenvalue weighted by Gasteiger charge is 2.39. The summed E-state index contributed by atoms with van der Waals surface area (Å²) in [6.07, 6.45) is 0. The molecule has 2 aromatic rings. The summed E-state index contributed by atoms with van der Waals surface area (Å²) in [6.45, 7) is 0. The van der Waals surface area contributed by atoms with Crippen LogP contribution in [0.4, 0.5) is 11.4 Å². The number of amides is 2. The predicted molar refractivity (Wildman–Crippen MR) is 99.8 cm³/mol. The van der Waals surface area contributed by atoms with Gasteiger partial charge in [0, 0.05) is 11.8 Å². The molecule has 1 aliphatic rings. The van der Waals surface area contributed by atoms with Gasteiger partial charge in [-0.2, -0.15) is 0 Å². The first-order valence-electron chi connectivity index (χ1n) is 7.84. The molecule has 0 spiro atoms. The Morgan fingerprint density at radius 2 is 1.78 bits per heavy atom. The lowest BCUT2D eigenvalue weighted by Gasteiger charge is -2.16. The first-order valence-corrected chi connectivity index (χ1v) is 8.22. The molecule has 0 bridgehead atoms. The molecule has 0 unspecified atom stereocenters. The van der Waals surface area contributed by atoms with Crippen LogP contribution >= 0.6 is 11.6 Å². The minimum atomic E-state index is -0.651. The van der Waals surface area contributed by atoms with Gasteiger partial charge in [0.25, 0.3) is 11.8 Å². The number of benzene rings is 2. The Morgan fingerprint density at radius 1 is 1.04 bits per heavy atom. The fourth-order valence-electron chi connectivity index (χ4n) is 2.58. The smallest absolute Gasteiger partial charge is 0.337 e. The van der Waals surface area contributed by atoms with E-state index < -0.39 is 17.8 Å². The summed E-state index contributed by atoms with van der Waals surface area (Å²) in [4.78, 5) is 37.9. The average molecular weight is 387 g/mol. The number of imide groups is 1. The molecule has 7 nitrogen and oxygen atoms in total. The number of rotatable bonds is 5. The van der Waals surface area contributed by atoms with Gasteiger partial charge < -0.3 is 14.8 Å². The zero-order chi connectivity index (χ0) is 19.6. The summed E-state index contributed by atoms with van der Waals surface area (Å²) in [5.74, 6) is -1.29. The van der Waals surface area contributed by atoms with Gasteiger partial charge in [0.2, 0.25) is 0 Å². The maximum atomic E-state index is 12.8. The predicted octanol–water partition coefficient (Wildman–Crippen LogP) is 2.92. The second-order valence-electron chi connectivity index (χ2n) is 5.53. The van der Waals surface area contributed by atoms with E-state index in [1.165, 1.54) is 20.3 Å². The maximum absolute atomic E-state index is 12.8. The number of nitrogens with zero attached hydrogens (tertiary/aromatic N) is 1. The Labute approximate surface area is 160 Å². The monoisotopic (exact) mass is 386 g/mol. The SMILES string of the molecule is COC(=O)c1cccc(NC2=C(Cl)C(=O)N(c3cccc(OC)c3)C2=O)c1. The number of methoxy groups -OCH3 is 2. The molecule has 0 saturated carbocycles. The van der Waals surface area contributed by atoms with Crippen LogP contribution in [0.1, 0.15) is 10.4 Å². The normalized spacial score (nSPS) is 13.8. The first-order chi connectivity index (χ1) is 13.0. The highest BCUT2D eigenvalue weighted by atomic mass is 35.5. The van der Waals surface area contributed by atoms with Crippen LogP contribution in [0.5, 0.6) is 5.75 Å². The summed E-state index contributed by atoms with van der Waals surface area (Å²) >= 11 is 6.10. The van der Waals surface area contributed by atoms with E-state index in [-0.39, 0.29) is 10.7 Å². The van der Waals surface area contributed by atoms with E-state index in [0.29, 0.717) is 22.7 Å². The van der Waals surface area contributed by atoms with Crippen molar-refractivity contribution in [3.05, 3.63) is 64.8 Å². The third kappa shape index (κ3) is 3.50. The minimum Gasteiger partial charge on any atom is -0.497 e. The summed E-state index contributed by atoms with van der Waals surface area (Å²) in [7, 11) is 2.76. The molecule has 0 saturated heterocycles. The van der Waals surface area contributed by atoms with Gasteiger partial charge in [-0.3, -0.25) is 9.59 Å². The third-order valence-corrected chi connectivity index (χ3v) is 4.24. The highest BCUT2D eigenvalue weighted by molar-refractivity contribution is 6.53. The zero-order valence-corrected chi connectivity index (χ0v) is 15.2. The molecule has 2 aromatic carbocycles. The molecule has 27 heavy (non-hydrogen) atoms. The van der Waals surface area contributed by atoms with Gasteiger partial charge in [0.1, 0.15) is 16.5 Å². The van der Waals surface area contributed by atoms with Crippen LogP contribution in [-0.4, -0.2) is 32.0 Å². The molecule has 0 atom stereocenters. The summed E-state index contributed by atoms with van der Waals surface area (Å²) in [6, 6.07) is 12.8. The van der Waals surface area contributed by atoms with Crippen molar-refractivity contribution >= 4 is 40.8 Å². The lowest BCUT2D eigenvalue weighted by molar-refractivity contribution is -0.120. The number of ether oxygens (including phenoxy) is 2. The number of anilines is 2. The highest BCUT2D eigenvalue weighted by Crippen LogP contribution is 2.31. The number of esters is 1. The topological polar surface area (TPSA) is 84.9 Å². The molecule has 2 amide bonds. The van der Waals surface area contributed by atoms with Gasteiger partial charge in [-0.05, 0) is 30.3 Å². The molecule has 0 aromatic heterocycles. The van der Waals surface area contributed by atoms with Gasteiger partial charge in [0.15, 0.2) is 0 Å². The fraction of sp³-hybridized carbons (Fsp3) is 0.105. The van der Waals surface area contributed by atoms with E-state index in [1.54, 1.807) is 42.5 Å². The van der Waals surface area contributed by atoms with Crippen LogP contribution < -0.4 is 15.0 Å². The van der Waals surface area contributed by atoms with E-state index in [2.05, 4.69) is 10.1 Å². The van der Waals surface area contributed by atoms with E-state index in [0.717, 1.165) is 4.90 Å². The number of hydrogen-bond acceptors (Lipinski definition) is 6. The summed E-state index contributed by atoms with van der Waals surface area (Å²) in [5, 5.41) is 2.57. The number of nitrogens with one attached hydrogen (secondary N) is 1. The molecule has 138 valence electrons. The van der Waals surface area contributed by atoms with E-state index in [4.69, 9.17) is 16.3 Å². The Hall–Kier alpha value is -3.32. The molecule has 0 fully saturated rings. The van der Waals surface area contributed by atoms with Gasteiger partial charge in [-0.1, -0.05) is 23.7 Å². The van der Waals surface area contributed by atoms with Crippen molar-refractivity contribution in [3.8, 4) is 5.75 Å². The van der Waals surface area contributed by atoms with Crippen molar-refractivity contribution in [1.29, 1.82) is 0 Å². The van der Waals surface area contributed by atoms with Gasteiger partial charge in [-0.15, -0.1) is 0 Å². The molecular weight excluding hydrogens is 372 g/mol. The van der Waals surface area contributed by atoms with Crippen LogP contribution in [0, 0.1) is 0 Å². The van der Waals surface area contributed by atoms with Crippen LogP contribution in [0.25, 0.3) is 0 Å². The van der Waals surface area contributed by atoms with Gasteiger partial charge in [-0.25, -0.2) is 9.69 Å². The van der Waals surface area contributed by atoms with Crippen molar-refractivity contribution in [1.82, 2.24) is 0 Å². The quantitative estimate of drug-likeness (QED) is 0.628. The van der Waals surface area contributed by atoms with Crippen molar-refractivity contribution < 1.29 is 23.9 Å². The molecule has 1 aliphatic heterocycles. The average Bonchev–Trinajstić information content (AvgIpc) is 2.91. The largest absolute Gasteiger partial charge is 0.497 e. The molecule has 0 aliphatic carbocycles. The van der Waals surface area contributed by atoms with Crippen molar-refractivity contribution in [2.75, 3.05) is 24.4 Å². The van der Waals surface area contributed by atoms with E-state index in [1.807, 2.05) is 0 Å². The van der Waals surface area contributed by atoms with Crippen molar-refractivity contribution in [2.45, 2.75) is 0 Å². The first kappa shape index (κ1) is 18.5. The third-order valence-electron chi connectivity index (χ3n) is 3.89. The van der Waals surface area contributed by atoms with Gasteiger partial charge in [0.05, 0.1) is 25.5 Å². The fourth-order valence-corrected chi connectivity index (χ4v) is 2.79. The standard InChI is InChI=1S/C19H15ClN2O5/c1-26-14-8-4-7-13(10-14)22-17(23)15(20)16(18(22)24)21-12-6-3-5-11(9-12)19(25)27-2/h3-10,21H,1-2H3. The lowest BCUT2D eigenvalue weighted by atomic mass is 10.2. The van der Waals surface area contributed by atoms with Crippen LogP contribution in [0.15, 0.2) is 59.3 Å². The second-order valence-corrected chi connectivity index (χ2v) is 5.91.